The van der Waals surface area contributed by atoms with E-state index in [4.69, 9.17) is 5.11 Å². The van der Waals surface area contributed by atoms with Crippen molar-refractivity contribution in [1.82, 2.24) is 4.90 Å². The van der Waals surface area contributed by atoms with Crippen molar-refractivity contribution in [3.8, 4) is 0 Å². The molecule has 130 valence electrons. The van der Waals surface area contributed by atoms with Crippen LogP contribution in [0.3, 0.4) is 0 Å². The molecule has 0 spiro atoms. The highest BCUT2D eigenvalue weighted by Crippen LogP contribution is 2.09. The second-order valence-corrected chi connectivity index (χ2v) is 6.14. The molecule has 0 bridgehead atoms. The molecule has 0 aromatic rings. The molecule has 0 radical (unpaired) electrons. The van der Waals surface area contributed by atoms with E-state index in [0.29, 0.717) is 13.0 Å². The Morgan fingerprint density at radius 3 is 1.82 bits per heavy atom. The average Bonchev–Trinajstić information content (AvgIpc) is 2.49. The van der Waals surface area contributed by atoms with Gasteiger partial charge in [0.25, 0.3) is 0 Å². The fourth-order valence-electron chi connectivity index (χ4n) is 2.58. The van der Waals surface area contributed by atoms with Gasteiger partial charge in [-0.25, -0.2) is 0 Å². The molecule has 4 heteroatoms. The molecule has 0 heterocycles. The summed E-state index contributed by atoms with van der Waals surface area (Å²) in [4.78, 5) is 24.5. The Morgan fingerprint density at radius 2 is 1.27 bits per heavy atom. The third-order valence-corrected chi connectivity index (χ3v) is 3.95. The van der Waals surface area contributed by atoms with Gasteiger partial charge in [0.05, 0.1) is 0 Å². The standard InChI is InChI=1S/C18H35NO3/c1-3-5-7-9-10-11-13-15-19(16-18(21)22)17(20)14-12-8-6-4-2/h3-16H2,1-2H3,(H,21,22). The first-order valence-electron chi connectivity index (χ1n) is 9.11. The molecule has 0 atom stereocenters. The molecule has 0 aromatic heterocycles. The summed E-state index contributed by atoms with van der Waals surface area (Å²) >= 11 is 0. The minimum Gasteiger partial charge on any atom is -0.480 e. The van der Waals surface area contributed by atoms with Gasteiger partial charge in [0.15, 0.2) is 0 Å². The van der Waals surface area contributed by atoms with Gasteiger partial charge in [0, 0.05) is 13.0 Å². The molecule has 0 unspecified atom stereocenters. The molecule has 0 aromatic carbocycles. The van der Waals surface area contributed by atoms with E-state index in [-0.39, 0.29) is 12.5 Å². The Labute approximate surface area is 136 Å². The van der Waals surface area contributed by atoms with E-state index in [0.717, 1.165) is 38.5 Å². The smallest absolute Gasteiger partial charge is 0.323 e. The minimum atomic E-state index is -0.912. The van der Waals surface area contributed by atoms with E-state index < -0.39 is 5.97 Å². The van der Waals surface area contributed by atoms with E-state index in [1.54, 1.807) is 0 Å². The number of carboxylic acids is 1. The lowest BCUT2D eigenvalue weighted by atomic mass is 10.1. The quantitative estimate of drug-likeness (QED) is 0.449. The molecule has 0 saturated heterocycles. The highest BCUT2D eigenvalue weighted by Gasteiger charge is 2.15. The Balaban J connectivity index is 3.91. The second kappa shape index (κ2) is 14.9. The molecule has 1 N–H and O–H groups in total. The van der Waals surface area contributed by atoms with Crippen LogP contribution in [0, 0.1) is 0 Å². The maximum atomic E-state index is 12.1. The third-order valence-electron chi connectivity index (χ3n) is 3.95. The molecule has 0 fully saturated rings. The van der Waals surface area contributed by atoms with Gasteiger partial charge >= 0.3 is 5.97 Å². The lowest BCUT2D eigenvalue weighted by Gasteiger charge is -2.20. The van der Waals surface area contributed by atoms with Gasteiger partial charge in [-0.05, 0) is 12.8 Å². The number of nitrogens with zero attached hydrogens (tertiary/aromatic N) is 1. The van der Waals surface area contributed by atoms with Crippen molar-refractivity contribution in [3.63, 3.8) is 0 Å². The van der Waals surface area contributed by atoms with Gasteiger partial charge in [-0.2, -0.15) is 0 Å². The number of carbonyl (C=O) groups is 2. The number of aliphatic carboxylic acids is 1. The van der Waals surface area contributed by atoms with Crippen LogP contribution < -0.4 is 0 Å². The number of rotatable bonds is 15. The Bertz CT molecular complexity index is 292. The third kappa shape index (κ3) is 12.7. The number of unbranched alkanes of at least 4 members (excludes halogenated alkanes) is 9. The first-order chi connectivity index (χ1) is 10.6. The SMILES string of the molecule is CCCCCCCCCN(CC(=O)O)C(=O)CCCCCC. The summed E-state index contributed by atoms with van der Waals surface area (Å²) in [5, 5.41) is 8.95. The number of hydrogen-bond donors (Lipinski definition) is 1. The molecule has 0 aliphatic rings. The molecule has 0 aliphatic heterocycles. The summed E-state index contributed by atoms with van der Waals surface area (Å²) in [5.74, 6) is -0.908. The van der Waals surface area contributed by atoms with Crippen molar-refractivity contribution in [1.29, 1.82) is 0 Å². The highest BCUT2D eigenvalue weighted by molar-refractivity contribution is 5.81. The van der Waals surface area contributed by atoms with Crippen molar-refractivity contribution in [2.45, 2.75) is 90.9 Å². The summed E-state index contributed by atoms with van der Waals surface area (Å²) < 4.78 is 0. The molecular formula is C18H35NO3. The Morgan fingerprint density at radius 1 is 0.773 bits per heavy atom. The topological polar surface area (TPSA) is 57.6 Å². The predicted molar refractivity (Wildman–Crippen MR) is 91.0 cm³/mol. The van der Waals surface area contributed by atoms with Crippen molar-refractivity contribution < 1.29 is 14.7 Å². The van der Waals surface area contributed by atoms with Gasteiger partial charge in [0.2, 0.25) is 5.91 Å². The maximum absolute atomic E-state index is 12.1. The van der Waals surface area contributed by atoms with E-state index in [9.17, 15) is 9.59 Å². The van der Waals surface area contributed by atoms with Crippen LogP contribution in [-0.4, -0.2) is 35.0 Å². The van der Waals surface area contributed by atoms with Crippen LogP contribution >= 0.6 is 0 Å². The van der Waals surface area contributed by atoms with E-state index in [1.807, 2.05) is 0 Å². The molecule has 4 nitrogen and oxygen atoms in total. The normalized spacial score (nSPS) is 10.6. The van der Waals surface area contributed by atoms with Gasteiger partial charge in [-0.3, -0.25) is 9.59 Å². The van der Waals surface area contributed by atoms with Gasteiger partial charge < -0.3 is 10.0 Å². The van der Waals surface area contributed by atoms with Crippen LogP contribution in [0.15, 0.2) is 0 Å². The zero-order valence-electron chi connectivity index (χ0n) is 14.6. The summed E-state index contributed by atoms with van der Waals surface area (Å²) in [7, 11) is 0. The van der Waals surface area contributed by atoms with Crippen LogP contribution in [0.25, 0.3) is 0 Å². The Hall–Kier alpha value is -1.06. The van der Waals surface area contributed by atoms with E-state index >= 15 is 0 Å². The first kappa shape index (κ1) is 20.9. The highest BCUT2D eigenvalue weighted by atomic mass is 16.4. The number of carbonyl (C=O) groups excluding carboxylic acids is 1. The largest absolute Gasteiger partial charge is 0.480 e. The van der Waals surface area contributed by atoms with Crippen LogP contribution in [-0.2, 0) is 9.59 Å². The number of carboxylic acid groups (broad SMARTS) is 1. The summed E-state index contributed by atoms with van der Waals surface area (Å²) in [5.41, 5.74) is 0. The summed E-state index contributed by atoms with van der Waals surface area (Å²) in [6.07, 6.45) is 13.0. The second-order valence-electron chi connectivity index (χ2n) is 6.14. The van der Waals surface area contributed by atoms with Gasteiger partial charge in [0.1, 0.15) is 6.54 Å². The fraction of sp³-hybridized carbons (Fsp3) is 0.889. The van der Waals surface area contributed by atoms with Crippen molar-refractivity contribution in [2.24, 2.45) is 0 Å². The lowest BCUT2D eigenvalue weighted by Crippen LogP contribution is -2.36. The maximum Gasteiger partial charge on any atom is 0.323 e. The van der Waals surface area contributed by atoms with Crippen molar-refractivity contribution >= 4 is 11.9 Å². The monoisotopic (exact) mass is 313 g/mol. The van der Waals surface area contributed by atoms with Crippen molar-refractivity contribution in [2.75, 3.05) is 13.1 Å². The average molecular weight is 313 g/mol. The van der Waals surface area contributed by atoms with Crippen LogP contribution in [0.2, 0.25) is 0 Å². The van der Waals surface area contributed by atoms with E-state index in [2.05, 4.69) is 13.8 Å². The predicted octanol–water partition coefficient (Wildman–Crippen LogP) is 4.62. The molecule has 1 amide bonds. The van der Waals surface area contributed by atoms with Gasteiger partial charge in [-0.1, -0.05) is 71.6 Å². The summed E-state index contributed by atoms with van der Waals surface area (Å²) in [6.45, 7) is 4.78. The molecular weight excluding hydrogens is 278 g/mol. The van der Waals surface area contributed by atoms with E-state index in [1.165, 1.54) is 37.0 Å². The number of amides is 1. The molecule has 0 saturated carbocycles. The zero-order valence-corrected chi connectivity index (χ0v) is 14.6. The molecule has 22 heavy (non-hydrogen) atoms. The lowest BCUT2D eigenvalue weighted by molar-refractivity contribution is -0.144. The zero-order chi connectivity index (χ0) is 16.6. The number of hydrogen-bond acceptors (Lipinski definition) is 2. The Kier molecular flexibility index (Phi) is 14.1. The van der Waals surface area contributed by atoms with Crippen LogP contribution in [0.4, 0.5) is 0 Å². The van der Waals surface area contributed by atoms with Crippen LogP contribution in [0.1, 0.15) is 90.9 Å². The molecule has 0 rings (SSSR count). The van der Waals surface area contributed by atoms with Crippen molar-refractivity contribution in [3.05, 3.63) is 0 Å². The van der Waals surface area contributed by atoms with Gasteiger partial charge in [-0.15, -0.1) is 0 Å². The first-order valence-corrected chi connectivity index (χ1v) is 9.11. The molecule has 0 aliphatic carbocycles. The van der Waals surface area contributed by atoms with Crippen LogP contribution in [0.5, 0.6) is 0 Å². The minimum absolute atomic E-state index is 0.00415. The fourth-order valence-corrected chi connectivity index (χ4v) is 2.58. The summed E-state index contributed by atoms with van der Waals surface area (Å²) in [6, 6.07) is 0.